The van der Waals surface area contributed by atoms with Crippen LogP contribution in [0, 0.1) is 0 Å². The molecular weight excluding hydrogens is 164 g/mol. The third-order valence-corrected chi connectivity index (χ3v) is 1.79. The summed E-state index contributed by atoms with van der Waals surface area (Å²) in [5, 5.41) is 3.24. The summed E-state index contributed by atoms with van der Waals surface area (Å²) >= 11 is 0. The fourth-order valence-electron chi connectivity index (χ4n) is 1.17. The number of hydrogen-bond acceptors (Lipinski definition) is 4. The third kappa shape index (κ3) is 3.27. The molecule has 1 atom stereocenters. The van der Waals surface area contributed by atoms with Crippen molar-refractivity contribution in [2.75, 3.05) is 11.1 Å². The first kappa shape index (κ1) is 9.77. The van der Waals surface area contributed by atoms with Gasteiger partial charge in [0.2, 0.25) is 0 Å². The minimum absolute atomic E-state index is 0.433. The van der Waals surface area contributed by atoms with Crippen LogP contribution in [0.15, 0.2) is 12.4 Å². The monoisotopic (exact) mass is 180 g/mol. The van der Waals surface area contributed by atoms with Gasteiger partial charge in [0, 0.05) is 6.04 Å². The molecular formula is C9H16N4. The van der Waals surface area contributed by atoms with E-state index in [-0.39, 0.29) is 0 Å². The molecule has 0 saturated carbocycles. The number of rotatable bonds is 4. The Morgan fingerprint density at radius 2 is 2.23 bits per heavy atom. The van der Waals surface area contributed by atoms with Gasteiger partial charge in [0.1, 0.15) is 11.6 Å². The zero-order valence-corrected chi connectivity index (χ0v) is 8.12. The maximum absolute atomic E-state index is 5.41. The van der Waals surface area contributed by atoms with Crippen molar-refractivity contribution in [1.82, 2.24) is 9.97 Å². The van der Waals surface area contributed by atoms with E-state index < -0.39 is 0 Å². The number of nitrogens with zero attached hydrogens (tertiary/aromatic N) is 2. The molecule has 0 spiro atoms. The average molecular weight is 180 g/mol. The van der Waals surface area contributed by atoms with Gasteiger partial charge in [0.05, 0.1) is 12.4 Å². The molecule has 0 radical (unpaired) electrons. The molecule has 1 aromatic rings. The predicted octanol–water partition coefficient (Wildman–Crippen LogP) is 1.66. The highest BCUT2D eigenvalue weighted by atomic mass is 15.0. The Balaban J connectivity index is 2.49. The van der Waals surface area contributed by atoms with Gasteiger partial charge in [0.15, 0.2) is 0 Å². The van der Waals surface area contributed by atoms with Crippen molar-refractivity contribution in [2.45, 2.75) is 32.7 Å². The summed E-state index contributed by atoms with van der Waals surface area (Å²) in [7, 11) is 0. The van der Waals surface area contributed by atoms with Gasteiger partial charge in [-0.2, -0.15) is 0 Å². The van der Waals surface area contributed by atoms with Gasteiger partial charge in [-0.3, -0.25) is 0 Å². The molecule has 4 heteroatoms. The topological polar surface area (TPSA) is 63.8 Å². The van der Waals surface area contributed by atoms with Crippen molar-refractivity contribution in [2.24, 2.45) is 0 Å². The zero-order chi connectivity index (χ0) is 9.68. The van der Waals surface area contributed by atoms with Crippen molar-refractivity contribution in [1.29, 1.82) is 0 Å². The van der Waals surface area contributed by atoms with Crippen LogP contribution in [0.3, 0.4) is 0 Å². The van der Waals surface area contributed by atoms with E-state index in [9.17, 15) is 0 Å². The highest BCUT2D eigenvalue weighted by molar-refractivity contribution is 5.36. The minimum atomic E-state index is 0.433. The summed E-state index contributed by atoms with van der Waals surface area (Å²) < 4.78 is 0. The van der Waals surface area contributed by atoms with E-state index in [0.29, 0.717) is 11.9 Å². The molecule has 1 heterocycles. The van der Waals surface area contributed by atoms with Gasteiger partial charge in [-0.25, -0.2) is 9.97 Å². The van der Waals surface area contributed by atoms with Gasteiger partial charge in [-0.15, -0.1) is 0 Å². The number of aromatic nitrogens is 2. The lowest BCUT2D eigenvalue weighted by atomic mass is 10.2. The van der Waals surface area contributed by atoms with Gasteiger partial charge < -0.3 is 11.1 Å². The number of anilines is 2. The van der Waals surface area contributed by atoms with Crippen molar-refractivity contribution < 1.29 is 0 Å². The van der Waals surface area contributed by atoms with Crippen LogP contribution in [0.1, 0.15) is 26.7 Å². The summed E-state index contributed by atoms with van der Waals surface area (Å²) in [4.78, 5) is 8.05. The van der Waals surface area contributed by atoms with E-state index in [0.717, 1.165) is 18.7 Å². The first-order valence-corrected chi connectivity index (χ1v) is 4.56. The molecule has 4 nitrogen and oxygen atoms in total. The fraction of sp³-hybridized carbons (Fsp3) is 0.556. The average Bonchev–Trinajstić information content (AvgIpc) is 2.09. The van der Waals surface area contributed by atoms with Crippen LogP contribution in [0.25, 0.3) is 0 Å². The van der Waals surface area contributed by atoms with Gasteiger partial charge in [-0.1, -0.05) is 13.3 Å². The van der Waals surface area contributed by atoms with E-state index in [1.807, 2.05) is 0 Å². The second kappa shape index (κ2) is 4.64. The largest absolute Gasteiger partial charge is 0.382 e. The first-order chi connectivity index (χ1) is 6.22. The molecule has 0 aliphatic rings. The van der Waals surface area contributed by atoms with Crippen LogP contribution in [-0.4, -0.2) is 16.0 Å². The maximum Gasteiger partial charge on any atom is 0.144 e. The predicted molar refractivity (Wildman–Crippen MR) is 54.4 cm³/mol. The minimum Gasteiger partial charge on any atom is -0.382 e. The molecule has 0 saturated heterocycles. The number of nitrogen functional groups attached to an aromatic ring is 1. The maximum atomic E-state index is 5.41. The second-order valence-electron chi connectivity index (χ2n) is 3.16. The number of hydrogen-bond donors (Lipinski definition) is 2. The van der Waals surface area contributed by atoms with Gasteiger partial charge in [-0.05, 0) is 13.3 Å². The molecule has 0 aromatic carbocycles. The molecule has 1 unspecified atom stereocenters. The summed E-state index contributed by atoms with van der Waals surface area (Å²) in [6, 6.07) is 0.433. The molecule has 0 aliphatic carbocycles. The summed E-state index contributed by atoms with van der Waals surface area (Å²) in [6.45, 7) is 4.29. The summed E-state index contributed by atoms with van der Waals surface area (Å²) in [5.41, 5.74) is 5.41. The third-order valence-electron chi connectivity index (χ3n) is 1.79. The van der Waals surface area contributed by atoms with Crippen molar-refractivity contribution in [3.63, 3.8) is 0 Å². The molecule has 1 aromatic heterocycles. The summed E-state index contributed by atoms with van der Waals surface area (Å²) in [5.74, 6) is 1.24. The van der Waals surface area contributed by atoms with Crippen LogP contribution in [0.5, 0.6) is 0 Å². The zero-order valence-electron chi connectivity index (χ0n) is 8.12. The lowest BCUT2D eigenvalue weighted by Crippen LogP contribution is -2.15. The standard InChI is InChI=1S/C9H16N4/c1-3-4-7(2)13-9-6-11-8(10)5-12-9/h5-7H,3-4H2,1-2H3,(H2,10,11)(H,12,13). The van der Waals surface area contributed by atoms with E-state index in [1.165, 1.54) is 0 Å². The van der Waals surface area contributed by atoms with Crippen LogP contribution < -0.4 is 11.1 Å². The second-order valence-corrected chi connectivity index (χ2v) is 3.16. The summed E-state index contributed by atoms with van der Waals surface area (Å²) in [6.07, 6.45) is 5.51. The first-order valence-electron chi connectivity index (χ1n) is 4.56. The molecule has 1 rings (SSSR count). The van der Waals surface area contributed by atoms with Crippen LogP contribution >= 0.6 is 0 Å². The van der Waals surface area contributed by atoms with Gasteiger partial charge in [0.25, 0.3) is 0 Å². The van der Waals surface area contributed by atoms with Crippen LogP contribution in [0.2, 0.25) is 0 Å². The molecule has 0 fully saturated rings. The highest BCUT2D eigenvalue weighted by Crippen LogP contribution is 2.06. The SMILES string of the molecule is CCCC(C)Nc1cnc(N)cn1. The van der Waals surface area contributed by atoms with E-state index in [4.69, 9.17) is 5.73 Å². The molecule has 0 aliphatic heterocycles. The molecule has 13 heavy (non-hydrogen) atoms. The fourth-order valence-corrected chi connectivity index (χ4v) is 1.17. The van der Waals surface area contributed by atoms with Crippen molar-refractivity contribution in [3.8, 4) is 0 Å². The molecule has 0 bridgehead atoms. The normalized spacial score (nSPS) is 12.5. The van der Waals surface area contributed by atoms with Crippen LogP contribution in [-0.2, 0) is 0 Å². The molecule has 3 N–H and O–H groups in total. The number of nitrogens with one attached hydrogen (secondary N) is 1. The van der Waals surface area contributed by atoms with E-state index in [1.54, 1.807) is 12.4 Å². The Morgan fingerprint density at radius 1 is 1.46 bits per heavy atom. The van der Waals surface area contributed by atoms with E-state index >= 15 is 0 Å². The van der Waals surface area contributed by atoms with Gasteiger partial charge >= 0.3 is 0 Å². The number of nitrogens with two attached hydrogens (primary N) is 1. The van der Waals surface area contributed by atoms with Crippen molar-refractivity contribution >= 4 is 11.6 Å². The Labute approximate surface area is 78.6 Å². The Kier molecular flexibility index (Phi) is 3.49. The lowest BCUT2D eigenvalue weighted by Gasteiger charge is -2.12. The lowest BCUT2D eigenvalue weighted by molar-refractivity contribution is 0.687. The Hall–Kier alpha value is -1.32. The molecule has 0 amide bonds. The van der Waals surface area contributed by atoms with E-state index in [2.05, 4.69) is 29.1 Å². The van der Waals surface area contributed by atoms with Crippen molar-refractivity contribution in [3.05, 3.63) is 12.4 Å². The Bertz CT molecular complexity index is 244. The molecule has 72 valence electrons. The van der Waals surface area contributed by atoms with Crippen LogP contribution in [0.4, 0.5) is 11.6 Å². The highest BCUT2D eigenvalue weighted by Gasteiger charge is 2.00. The smallest absolute Gasteiger partial charge is 0.144 e. The Morgan fingerprint density at radius 3 is 2.77 bits per heavy atom. The quantitative estimate of drug-likeness (QED) is 0.739.